The molecule has 0 radical (unpaired) electrons. The average molecular weight is 311 g/mol. The van der Waals surface area contributed by atoms with Crippen molar-refractivity contribution in [2.45, 2.75) is 13.3 Å². The lowest BCUT2D eigenvalue weighted by atomic mass is 10.1. The van der Waals surface area contributed by atoms with Crippen molar-refractivity contribution in [3.8, 4) is 0 Å². The highest BCUT2D eigenvalue weighted by molar-refractivity contribution is 5.70. The Morgan fingerprint density at radius 2 is 1.39 bits per heavy atom. The predicted molar refractivity (Wildman–Crippen MR) is 97.6 cm³/mol. The average Bonchev–Trinajstić information content (AvgIpc) is 2.60. The SMILES string of the molecule is CCN(CCO)c1ccc(C=Cc2ccc(CCO)cc2)cc1. The van der Waals surface area contributed by atoms with Crippen molar-refractivity contribution in [1.29, 1.82) is 0 Å². The molecule has 2 N–H and O–H groups in total. The van der Waals surface area contributed by atoms with Crippen LogP contribution < -0.4 is 4.90 Å². The third-order valence-corrected chi connectivity index (χ3v) is 3.86. The lowest BCUT2D eigenvalue weighted by molar-refractivity contribution is 0.299. The fourth-order valence-corrected chi connectivity index (χ4v) is 2.50. The summed E-state index contributed by atoms with van der Waals surface area (Å²) in [5.41, 5.74) is 4.57. The standard InChI is InChI=1S/C20H25NO2/c1-2-21(14-16-23)20-11-9-18(10-12-20)4-3-17-5-7-19(8-6-17)13-15-22/h3-12,22-23H,2,13-16H2,1H3. The Morgan fingerprint density at radius 1 is 0.826 bits per heavy atom. The van der Waals surface area contributed by atoms with Crippen molar-refractivity contribution in [2.24, 2.45) is 0 Å². The Balaban J connectivity index is 2.02. The Kier molecular flexibility index (Phi) is 6.85. The number of anilines is 1. The van der Waals surface area contributed by atoms with E-state index >= 15 is 0 Å². The largest absolute Gasteiger partial charge is 0.396 e. The number of likely N-dealkylation sites (N-methyl/N-ethyl adjacent to an activating group) is 1. The van der Waals surface area contributed by atoms with E-state index in [2.05, 4.69) is 60.4 Å². The summed E-state index contributed by atoms with van der Waals surface area (Å²) in [5.74, 6) is 0. The molecule has 0 saturated carbocycles. The second kappa shape index (κ2) is 9.13. The van der Waals surface area contributed by atoms with Crippen LogP contribution in [0.3, 0.4) is 0 Å². The van der Waals surface area contributed by atoms with E-state index in [9.17, 15) is 0 Å². The van der Waals surface area contributed by atoms with Gasteiger partial charge >= 0.3 is 0 Å². The van der Waals surface area contributed by atoms with Crippen LogP contribution in [0.4, 0.5) is 5.69 Å². The first-order valence-corrected chi connectivity index (χ1v) is 8.10. The van der Waals surface area contributed by atoms with Crippen LogP contribution >= 0.6 is 0 Å². The van der Waals surface area contributed by atoms with E-state index in [1.54, 1.807) is 0 Å². The van der Waals surface area contributed by atoms with Crippen LogP contribution in [0.2, 0.25) is 0 Å². The molecule has 0 aliphatic heterocycles. The Hall–Kier alpha value is -2.10. The van der Waals surface area contributed by atoms with Crippen molar-refractivity contribution in [3.63, 3.8) is 0 Å². The summed E-state index contributed by atoms with van der Waals surface area (Å²) in [6.45, 7) is 3.99. The predicted octanol–water partition coefficient (Wildman–Crippen LogP) is 3.21. The molecule has 3 heteroatoms. The van der Waals surface area contributed by atoms with Gasteiger partial charge in [0.15, 0.2) is 0 Å². The van der Waals surface area contributed by atoms with E-state index in [0.717, 1.165) is 28.9 Å². The number of aliphatic hydroxyl groups excluding tert-OH is 2. The first-order chi connectivity index (χ1) is 11.3. The Bertz CT molecular complexity index is 603. The third-order valence-electron chi connectivity index (χ3n) is 3.86. The van der Waals surface area contributed by atoms with Crippen LogP contribution in [0.15, 0.2) is 48.5 Å². The number of hydrogen-bond donors (Lipinski definition) is 2. The van der Waals surface area contributed by atoms with Crippen LogP contribution in [0.25, 0.3) is 12.2 Å². The molecule has 122 valence electrons. The summed E-state index contributed by atoms with van der Waals surface area (Å²) in [5, 5.41) is 18.0. The van der Waals surface area contributed by atoms with Gasteiger partial charge < -0.3 is 15.1 Å². The minimum atomic E-state index is 0.168. The van der Waals surface area contributed by atoms with Crippen LogP contribution in [-0.4, -0.2) is 36.5 Å². The summed E-state index contributed by atoms with van der Waals surface area (Å²) < 4.78 is 0. The lowest BCUT2D eigenvalue weighted by Crippen LogP contribution is -2.25. The quantitative estimate of drug-likeness (QED) is 0.736. The Morgan fingerprint density at radius 3 is 1.87 bits per heavy atom. The first-order valence-electron chi connectivity index (χ1n) is 8.10. The molecule has 0 atom stereocenters. The van der Waals surface area contributed by atoms with Gasteiger partial charge in [-0.15, -0.1) is 0 Å². The maximum Gasteiger partial charge on any atom is 0.0606 e. The van der Waals surface area contributed by atoms with Crippen LogP contribution in [-0.2, 0) is 6.42 Å². The highest BCUT2D eigenvalue weighted by Gasteiger charge is 2.02. The van der Waals surface area contributed by atoms with Crippen molar-refractivity contribution >= 4 is 17.8 Å². The minimum Gasteiger partial charge on any atom is -0.396 e. The van der Waals surface area contributed by atoms with Gasteiger partial charge in [-0.3, -0.25) is 0 Å². The molecule has 0 aliphatic carbocycles. The number of rotatable bonds is 8. The lowest BCUT2D eigenvalue weighted by Gasteiger charge is -2.21. The molecule has 0 amide bonds. The molecule has 23 heavy (non-hydrogen) atoms. The summed E-state index contributed by atoms with van der Waals surface area (Å²) in [6, 6.07) is 16.6. The van der Waals surface area contributed by atoms with Crippen molar-refractivity contribution in [2.75, 3.05) is 31.2 Å². The topological polar surface area (TPSA) is 43.7 Å². The van der Waals surface area contributed by atoms with Gasteiger partial charge in [0.25, 0.3) is 0 Å². The zero-order valence-corrected chi connectivity index (χ0v) is 13.7. The molecule has 2 aromatic carbocycles. The molecule has 0 saturated heterocycles. The van der Waals surface area contributed by atoms with Gasteiger partial charge in [0.2, 0.25) is 0 Å². The number of hydrogen-bond acceptors (Lipinski definition) is 3. The first kappa shape index (κ1) is 17.3. The number of benzene rings is 2. The number of aliphatic hydroxyl groups is 2. The van der Waals surface area contributed by atoms with Crippen LogP contribution in [0.5, 0.6) is 0 Å². The summed E-state index contributed by atoms with van der Waals surface area (Å²) in [4.78, 5) is 2.15. The van der Waals surface area contributed by atoms with Gasteiger partial charge in [0, 0.05) is 25.4 Å². The van der Waals surface area contributed by atoms with Crippen LogP contribution in [0, 0.1) is 0 Å². The summed E-state index contributed by atoms with van der Waals surface area (Å²) in [6.07, 6.45) is 4.88. The maximum absolute atomic E-state index is 9.08. The molecule has 0 bridgehead atoms. The van der Waals surface area contributed by atoms with E-state index in [0.29, 0.717) is 13.0 Å². The molecule has 0 fully saturated rings. The zero-order valence-electron chi connectivity index (χ0n) is 13.7. The summed E-state index contributed by atoms with van der Waals surface area (Å²) >= 11 is 0. The minimum absolute atomic E-state index is 0.168. The second-order valence-electron chi connectivity index (χ2n) is 5.44. The normalized spacial score (nSPS) is 11.1. The molecular weight excluding hydrogens is 286 g/mol. The molecule has 0 unspecified atom stereocenters. The molecule has 2 rings (SSSR count). The fourth-order valence-electron chi connectivity index (χ4n) is 2.50. The fraction of sp³-hybridized carbons (Fsp3) is 0.300. The molecule has 0 spiro atoms. The molecule has 2 aromatic rings. The monoisotopic (exact) mass is 311 g/mol. The van der Waals surface area contributed by atoms with Crippen molar-refractivity contribution < 1.29 is 10.2 Å². The van der Waals surface area contributed by atoms with E-state index in [-0.39, 0.29) is 13.2 Å². The van der Waals surface area contributed by atoms with Gasteiger partial charge in [0.1, 0.15) is 0 Å². The number of nitrogens with zero attached hydrogens (tertiary/aromatic N) is 1. The highest BCUT2D eigenvalue weighted by Crippen LogP contribution is 2.17. The smallest absolute Gasteiger partial charge is 0.0606 e. The van der Waals surface area contributed by atoms with Gasteiger partial charge in [-0.05, 0) is 42.2 Å². The van der Waals surface area contributed by atoms with Gasteiger partial charge in [-0.25, -0.2) is 0 Å². The molecule has 0 aliphatic rings. The van der Waals surface area contributed by atoms with Crippen LogP contribution in [0.1, 0.15) is 23.6 Å². The second-order valence-corrected chi connectivity index (χ2v) is 5.44. The molecule has 0 heterocycles. The van der Waals surface area contributed by atoms with Gasteiger partial charge in [-0.2, -0.15) is 0 Å². The van der Waals surface area contributed by atoms with E-state index in [1.807, 2.05) is 12.1 Å². The third kappa shape index (κ3) is 5.23. The summed E-state index contributed by atoms with van der Waals surface area (Å²) in [7, 11) is 0. The van der Waals surface area contributed by atoms with E-state index < -0.39 is 0 Å². The Labute approximate surface area is 138 Å². The van der Waals surface area contributed by atoms with Gasteiger partial charge in [-0.1, -0.05) is 48.6 Å². The molecule has 0 aromatic heterocycles. The van der Waals surface area contributed by atoms with E-state index in [1.165, 1.54) is 0 Å². The maximum atomic E-state index is 9.08. The molecule has 3 nitrogen and oxygen atoms in total. The highest BCUT2D eigenvalue weighted by atomic mass is 16.3. The van der Waals surface area contributed by atoms with E-state index in [4.69, 9.17) is 10.2 Å². The molecular formula is C20H25NO2. The van der Waals surface area contributed by atoms with Crippen molar-refractivity contribution in [3.05, 3.63) is 65.2 Å². The zero-order chi connectivity index (χ0) is 16.5. The van der Waals surface area contributed by atoms with Crippen molar-refractivity contribution in [1.82, 2.24) is 0 Å². The van der Waals surface area contributed by atoms with Gasteiger partial charge in [0.05, 0.1) is 6.61 Å².